The number of aliphatic imine (C=N–C) groups is 1. The van der Waals surface area contributed by atoms with Gasteiger partial charge in [-0.1, -0.05) is 12.1 Å². The minimum absolute atomic E-state index is 0. The van der Waals surface area contributed by atoms with Gasteiger partial charge in [0.25, 0.3) is 0 Å². The topological polar surface area (TPSA) is 65.4 Å². The fourth-order valence-electron chi connectivity index (χ4n) is 2.05. The van der Waals surface area contributed by atoms with E-state index in [0.29, 0.717) is 13.1 Å². The molecule has 2 aromatic heterocycles. The molecule has 2 N–H and O–H groups in total. The van der Waals surface area contributed by atoms with Gasteiger partial charge in [0.2, 0.25) is 0 Å². The molecular weight excluding hydrogens is 403 g/mol. The maximum Gasteiger partial charge on any atom is 0.191 e. The van der Waals surface area contributed by atoms with Crippen molar-refractivity contribution in [3.8, 4) is 0 Å². The Hall–Kier alpha value is -1.90. The van der Waals surface area contributed by atoms with Crippen molar-refractivity contribution in [2.75, 3.05) is 26.0 Å². The van der Waals surface area contributed by atoms with Gasteiger partial charge in [-0.15, -0.1) is 24.0 Å². The van der Waals surface area contributed by atoms with E-state index in [-0.39, 0.29) is 24.0 Å². The van der Waals surface area contributed by atoms with Crippen LogP contribution in [0.3, 0.4) is 0 Å². The molecule has 0 amide bonds. The molecule has 23 heavy (non-hydrogen) atoms. The number of halogens is 1. The quantitative estimate of drug-likeness (QED) is 0.435. The standard InChI is InChI=1S/C16H22N6.HI/c1-17-16(21-12-14-8-4-5-9-18-14)20-11-13-7-6-10-19-15(13)22(2)3;/h4-10H,11-12H2,1-3H3,(H2,17,20,21);1H. The van der Waals surface area contributed by atoms with E-state index < -0.39 is 0 Å². The minimum Gasteiger partial charge on any atom is -0.362 e. The summed E-state index contributed by atoms with van der Waals surface area (Å²) in [7, 11) is 5.73. The first-order chi connectivity index (χ1) is 10.7. The van der Waals surface area contributed by atoms with Gasteiger partial charge in [-0.3, -0.25) is 9.98 Å². The number of hydrogen-bond acceptors (Lipinski definition) is 4. The van der Waals surface area contributed by atoms with Gasteiger partial charge in [0.1, 0.15) is 5.82 Å². The maximum atomic E-state index is 4.39. The van der Waals surface area contributed by atoms with Crippen molar-refractivity contribution < 1.29 is 0 Å². The predicted molar refractivity (Wildman–Crippen MR) is 105 cm³/mol. The Morgan fingerprint density at radius 1 is 1.04 bits per heavy atom. The molecular formula is C16H23IN6. The van der Waals surface area contributed by atoms with Crippen LogP contribution in [0.1, 0.15) is 11.3 Å². The average Bonchev–Trinajstić information content (AvgIpc) is 2.56. The van der Waals surface area contributed by atoms with Gasteiger partial charge in [-0.2, -0.15) is 0 Å². The Morgan fingerprint density at radius 2 is 1.78 bits per heavy atom. The SMILES string of the molecule is CN=C(NCc1ccccn1)NCc1cccnc1N(C)C.I. The van der Waals surface area contributed by atoms with Gasteiger partial charge < -0.3 is 15.5 Å². The molecule has 2 rings (SSSR count). The lowest BCUT2D eigenvalue weighted by atomic mass is 10.2. The van der Waals surface area contributed by atoms with E-state index in [1.165, 1.54) is 0 Å². The third-order valence-corrected chi connectivity index (χ3v) is 3.12. The average molecular weight is 426 g/mol. The molecule has 124 valence electrons. The van der Waals surface area contributed by atoms with E-state index >= 15 is 0 Å². The Balaban J connectivity index is 0.00000264. The summed E-state index contributed by atoms with van der Waals surface area (Å²) in [6, 6.07) is 9.85. The van der Waals surface area contributed by atoms with Crippen LogP contribution >= 0.6 is 24.0 Å². The first-order valence-electron chi connectivity index (χ1n) is 7.16. The first kappa shape index (κ1) is 19.1. The van der Waals surface area contributed by atoms with E-state index in [0.717, 1.165) is 23.0 Å². The Labute approximate surface area is 154 Å². The van der Waals surface area contributed by atoms with Gasteiger partial charge in [-0.05, 0) is 18.2 Å². The molecule has 2 aromatic rings. The van der Waals surface area contributed by atoms with Crippen LogP contribution in [0.4, 0.5) is 5.82 Å². The number of guanidine groups is 1. The van der Waals surface area contributed by atoms with Crippen LogP contribution in [0.2, 0.25) is 0 Å². The monoisotopic (exact) mass is 426 g/mol. The van der Waals surface area contributed by atoms with Crippen LogP contribution in [-0.2, 0) is 13.1 Å². The molecule has 0 fully saturated rings. The minimum atomic E-state index is 0. The molecule has 0 radical (unpaired) electrons. The summed E-state index contributed by atoms with van der Waals surface area (Å²) in [5.41, 5.74) is 2.09. The number of aromatic nitrogens is 2. The summed E-state index contributed by atoms with van der Waals surface area (Å²) in [5.74, 6) is 1.69. The highest BCUT2D eigenvalue weighted by Gasteiger charge is 2.06. The molecule has 7 heteroatoms. The summed E-state index contributed by atoms with van der Waals surface area (Å²) in [4.78, 5) is 14.9. The highest BCUT2D eigenvalue weighted by Crippen LogP contribution is 2.13. The van der Waals surface area contributed by atoms with Gasteiger partial charge in [-0.25, -0.2) is 4.98 Å². The lowest BCUT2D eigenvalue weighted by molar-refractivity contribution is 0.791. The van der Waals surface area contributed by atoms with Crippen molar-refractivity contribution >= 4 is 35.8 Å². The fourth-order valence-corrected chi connectivity index (χ4v) is 2.05. The summed E-state index contributed by atoms with van der Waals surface area (Å²) >= 11 is 0. The molecule has 0 aliphatic heterocycles. The van der Waals surface area contributed by atoms with Crippen molar-refractivity contribution in [1.82, 2.24) is 20.6 Å². The zero-order chi connectivity index (χ0) is 15.8. The zero-order valence-corrected chi connectivity index (χ0v) is 16.0. The van der Waals surface area contributed by atoms with E-state index in [1.54, 1.807) is 19.4 Å². The highest BCUT2D eigenvalue weighted by atomic mass is 127. The smallest absolute Gasteiger partial charge is 0.191 e. The van der Waals surface area contributed by atoms with Crippen LogP contribution in [-0.4, -0.2) is 37.1 Å². The largest absolute Gasteiger partial charge is 0.362 e. The van der Waals surface area contributed by atoms with E-state index in [4.69, 9.17) is 0 Å². The molecule has 0 aromatic carbocycles. The van der Waals surface area contributed by atoms with Gasteiger partial charge >= 0.3 is 0 Å². The molecule has 6 nitrogen and oxygen atoms in total. The first-order valence-corrected chi connectivity index (χ1v) is 7.16. The summed E-state index contributed by atoms with van der Waals surface area (Å²) < 4.78 is 0. The Bertz CT molecular complexity index is 615. The third-order valence-electron chi connectivity index (χ3n) is 3.12. The zero-order valence-electron chi connectivity index (χ0n) is 13.7. The van der Waals surface area contributed by atoms with Gasteiger partial charge in [0.15, 0.2) is 5.96 Å². The van der Waals surface area contributed by atoms with Crippen LogP contribution in [0, 0.1) is 0 Å². The molecule has 2 heterocycles. The predicted octanol–water partition coefficient (Wildman–Crippen LogP) is 2.03. The van der Waals surface area contributed by atoms with Crippen molar-refractivity contribution in [2.24, 2.45) is 4.99 Å². The second kappa shape index (κ2) is 9.98. The number of pyridine rings is 2. The normalized spacial score (nSPS) is 10.7. The maximum absolute atomic E-state index is 4.39. The molecule has 0 unspecified atom stereocenters. The summed E-state index contributed by atoms with van der Waals surface area (Å²) in [6.45, 7) is 1.29. The number of anilines is 1. The number of nitrogens with zero attached hydrogens (tertiary/aromatic N) is 4. The van der Waals surface area contributed by atoms with Crippen molar-refractivity contribution in [3.63, 3.8) is 0 Å². The number of hydrogen-bond donors (Lipinski definition) is 2. The number of nitrogens with one attached hydrogen (secondary N) is 2. The van der Waals surface area contributed by atoms with Crippen LogP contribution < -0.4 is 15.5 Å². The van der Waals surface area contributed by atoms with Crippen LogP contribution in [0.5, 0.6) is 0 Å². The second-order valence-corrected chi connectivity index (χ2v) is 4.98. The lowest BCUT2D eigenvalue weighted by Gasteiger charge is -2.17. The molecule has 0 saturated heterocycles. The van der Waals surface area contributed by atoms with Crippen molar-refractivity contribution in [2.45, 2.75) is 13.1 Å². The van der Waals surface area contributed by atoms with Crippen molar-refractivity contribution in [3.05, 3.63) is 54.0 Å². The van der Waals surface area contributed by atoms with Crippen molar-refractivity contribution in [1.29, 1.82) is 0 Å². The highest BCUT2D eigenvalue weighted by molar-refractivity contribution is 14.0. The molecule has 0 bridgehead atoms. The summed E-state index contributed by atoms with van der Waals surface area (Å²) in [5, 5.41) is 6.54. The fraction of sp³-hybridized carbons (Fsp3) is 0.312. The Morgan fingerprint density at radius 3 is 2.43 bits per heavy atom. The van der Waals surface area contributed by atoms with Crippen LogP contribution in [0.25, 0.3) is 0 Å². The molecule has 0 aliphatic carbocycles. The Kier molecular flexibility index (Phi) is 8.31. The van der Waals surface area contributed by atoms with Crippen LogP contribution in [0.15, 0.2) is 47.7 Å². The molecule has 0 saturated carbocycles. The third kappa shape index (κ3) is 6.01. The molecule has 0 aliphatic rings. The van der Waals surface area contributed by atoms with E-state index in [9.17, 15) is 0 Å². The molecule has 0 spiro atoms. The number of rotatable bonds is 5. The molecule has 0 atom stereocenters. The second-order valence-electron chi connectivity index (χ2n) is 4.98. The van der Waals surface area contributed by atoms with Gasteiger partial charge in [0, 0.05) is 45.6 Å². The van der Waals surface area contributed by atoms with E-state index in [2.05, 4.69) is 31.7 Å². The lowest BCUT2D eigenvalue weighted by Crippen LogP contribution is -2.36. The van der Waals surface area contributed by atoms with Gasteiger partial charge in [0.05, 0.1) is 12.2 Å². The van der Waals surface area contributed by atoms with E-state index in [1.807, 2.05) is 43.3 Å². The summed E-state index contributed by atoms with van der Waals surface area (Å²) in [6.07, 6.45) is 3.58.